The van der Waals surface area contributed by atoms with Gasteiger partial charge in [0.05, 0.1) is 5.41 Å². The fourth-order valence-electron chi connectivity index (χ4n) is 6.45. The van der Waals surface area contributed by atoms with E-state index < -0.39 is 5.41 Å². The van der Waals surface area contributed by atoms with Crippen LogP contribution in [0.1, 0.15) is 97.2 Å². The molecule has 4 rings (SSSR count). The summed E-state index contributed by atoms with van der Waals surface area (Å²) in [4.78, 5) is 30.0. The number of nitrogens with one attached hydrogen (secondary N) is 1. The molecule has 1 saturated carbocycles. The third-order valence-corrected chi connectivity index (χ3v) is 9.28. The van der Waals surface area contributed by atoms with E-state index in [0.29, 0.717) is 37.1 Å². The highest BCUT2D eigenvalue weighted by Crippen LogP contribution is 2.48. The predicted molar refractivity (Wildman–Crippen MR) is 164 cm³/mol. The highest BCUT2D eigenvalue weighted by Gasteiger charge is 2.47. The molecular formula is C32H50N6O2. The number of aromatic nitrogens is 2. The molecule has 1 aromatic rings. The first kappa shape index (κ1) is 30.2. The van der Waals surface area contributed by atoms with Crippen molar-refractivity contribution in [2.45, 2.75) is 97.4 Å². The number of hydrogen-bond acceptors (Lipinski definition) is 8. The number of nitrogens with zero attached hydrogens (tertiary/aromatic N) is 5. The molecule has 3 aliphatic rings. The van der Waals surface area contributed by atoms with Gasteiger partial charge in [-0.1, -0.05) is 18.9 Å². The number of Topliss-reactive ketones (excluding diaryl/α,β-unsaturated/α-hetero) is 1. The Morgan fingerprint density at radius 2 is 1.88 bits per heavy atom. The molecule has 2 N–H and O–H groups in total. The molecule has 1 aromatic heterocycles. The highest BCUT2D eigenvalue weighted by atomic mass is 16.3. The van der Waals surface area contributed by atoms with Crippen molar-refractivity contribution in [3.05, 3.63) is 35.4 Å². The Kier molecular flexibility index (Phi) is 10.0. The molecule has 2 aliphatic carbocycles. The Hall–Kier alpha value is -2.74. The molecule has 2 heterocycles. The Balaban J connectivity index is 1.72. The predicted octanol–water partition coefficient (Wildman–Crippen LogP) is 6.07. The fraction of sp³-hybridized carbons (Fsp3) is 0.688. The van der Waals surface area contributed by atoms with Crippen molar-refractivity contribution in [3.63, 3.8) is 0 Å². The Morgan fingerprint density at radius 1 is 1.15 bits per heavy atom. The summed E-state index contributed by atoms with van der Waals surface area (Å²) in [5.74, 6) is 2.28. The molecule has 0 bridgehead atoms. The zero-order valence-corrected chi connectivity index (χ0v) is 25.3. The van der Waals surface area contributed by atoms with E-state index in [0.717, 1.165) is 89.3 Å². The standard InChI is InChI=1S/C32H50N6O2/c1-6-24(4)38(17-10-8-12-23(2)3)28-22-27(37-20-18-36(5)19-21-37)34-31(35-28)29(33)25-13-11-16-32(30(25)40)15-9-7-14-26(32)39/h22,24,33,40H,2,6-21H2,1,3-5H3/t24-,32+/m0/s1. The second kappa shape index (κ2) is 13.3. The topological polar surface area (TPSA) is 96.6 Å². The summed E-state index contributed by atoms with van der Waals surface area (Å²) in [7, 11) is 2.14. The van der Waals surface area contributed by atoms with Gasteiger partial charge in [-0.15, -0.1) is 6.58 Å². The highest BCUT2D eigenvalue weighted by molar-refractivity contribution is 6.09. The normalized spacial score (nSPS) is 23.0. The van der Waals surface area contributed by atoms with Gasteiger partial charge in [0.2, 0.25) is 0 Å². The molecule has 0 aromatic carbocycles. The minimum absolute atomic E-state index is 0.113. The molecule has 0 amide bonds. The lowest BCUT2D eigenvalue weighted by molar-refractivity contribution is -0.131. The minimum Gasteiger partial charge on any atom is -0.511 e. The van der Waals surface area contributed by atoms with Crippen LogP contribution in [0.15, 0.2) is 29.6 Å². The van der Waals surface area contributed by atoms with Crippen LogP contribution >= 0.6 is 0 Å². The van der Waals surface area contributed by atoms with E-state index >= 15 is 0 Å². The van der Waals surface area contributed by atoms with E-state index in [1.54, 1.807) is 0 Å². The van der Waals surface area contributed by atoms with Crippen molar-refractivity contribution in [3.8, 4) is 0 Å². The second-order valence-corrected chi connectivity index (χ2v) is 12.3. The molecule has 2 atom stereocenters. The number of anilines is 2. The molecule has 0 unspecified atom stereocenters. The summed E-state index contributed by atoms with van der Waals surface area (Å²) < 4.78 is 0. The number of piperazine rings is 1. The van der Waals surface area contributed by atoms with E-state index in [1.807, 2.05) is 0 Å². The monoisotopic (exact) mass is 550 g/mol. The molecule has 1 saturated heterocycles. The summed E-state index contributed by atoms with van der Waals surface area (Å²) in [6.07, 6.45) is 9.18. The number of unbranched alkanes of at least 4 members (excludes halogenated alkanes) is 1. The summed E-state index contributed by atoms with van der Waals surface area (Å²) in [6, 6.07) is 2.38. The van der Waals surface area contributed by atoms with Gasteiger partial charge in [-0.25, -0.2) is 9.97 Å². The molecule has 2 fully saturated rings. The zero-order valence-electron chi connectivity index (χ0n) is 25.3. The van der Waals surface area contributed by atoms with Gasteiger partial charge in [-0.05, 0) is 78.7 Å². The Labute approximate surface area is 241 Å². The van der Waals surface area contributed by atoms with Crippen molar-refractivity contribution in [2.24, 2.45) is 5.41 Å². The lowest BCUT2D eigenvalue weighted by Gasteiger charge is -2.39. The van der Waals surface area contributed by atoms with Crippen molar-refractivity contribution in [1.82, 2.24) is 14.9 Å². The van der Waals surface area contributed by atoms with Gasteiger partial charge in [0.1, 0.15) is 28.9 Å². The van der Waals surface area contributed by atoms with Crippen molar-refractivity contribution < 1.29 is 9.90 Å². The number of aliphatic hydroxyl groups excluding tert-OH is 1. The largest absolute Gasteiger partial charge is 0.511 e. The van der Waals surface area contributed by atoms with Crippen LogP contribution in [0.3, 0.4) is 0 Å². The Bertz CT molecular complexity index is 1120. The lowest BCUT2D eigenvalue weighted by Crippen LogP contribution is -2.45. The molecule has 220 valence electrons. The third kappa shape index (κ3) is 6.59. The van der Waals surface area contributed by atoms with E-state index in [9.17, 15) is 15.3 Å². The van der Waals surface area contributed by atoms with Gasteiger partial charge in [-0.3, -0.25) is 10.2 Å². The van der Waals surface area contributed by atoms with Crippen LogP contribution in [0.25, 0.3) is 0 Å². The number of likely N-dealkylation sites (N-methyl/N-ethyl adjacent to an activating group) is 1. The maximum Gasteiger partial charge on any atom is 0.181 e. The van der Waals surface area contributed by atoms with E-state index in [4.69, 9.17) is 9.97 Å². The summed E-state index contributed by atoms with van der Waals surface area (Å²) in [5, 5.41) is 20.8. The molecule has 0 radical (unpaired) electrons. The van der Waals surface area contributed by atoms with Gasteiger partial charge in [-0.2, -0.15) is 0 Å². The van der Waals surface area contributed by atoms with Crippen LogP contribution in [-0.4, -0.2) is 77.3 Å². The molecule has 40 heavy (non-hydrogen) atoms. The van der Waals surface area contributed by atoms with Gasteiger partial charge in [0.15, 0.2) is 5.82 Å². The van der Waals surface area contributed by atoms with Crippen molar-refractivity contribution in [2.75, 3.05) is 49.6 Å². The SMILES string of the molecule is C=C(C)CCCCN(c1cc(N2CCN(C)CC2)nc(C(=N)C2=C(O)[C@]3(CCCCC3=O)CCC2)n1)[C@@H](C)CC. The fourth-order valence-corrected chi connectivity index (χ4v) is 6.45. The van der Waals surface area contributed by atoms with Gasteiger partial charge in [0, 0.05) is 56.8 Å². The number of carbonyl (C=O) groups excluding carboxylic acids is 1. The number of ketones is 1. The van der Waals surface area contributed by atoms with Crippen LogP contribution in [0, 0.1) is 10.8 Å². The smallest absolute Gasteiger partial charge is 0.181 e. The lowest BCUT2D eigenvalue weighted by atomic mass is 9.64. The average Bonchev–Trinajstić information content (AvgIpc) is 2.95. The maximum atomic E-state index is 13.1. The number of rotatable bonds is 11. The summed E-state index contributed by atoms with van der Waals surface area (Å²) >= 11 is 0. The number of aliphatic hydroxyl groups is 1. The minimum atomic E-state index is -0.817. The number of carbonyl (C=O) groups is 1. The number of hydrogen-bond donors (Lipinski definition) is 2. The molecule has 8 heteroatoms. The second-order valence-electron chi connectivity index (χ2n) is 12.3. The van der Waals surface area contributed by atoms with Crippen LogP contribution in [0.2, 0.25) is 0 Å². The first-order valence-corrected chi connectivity index (χ1v) is 15.4. The maximum absolute atomic E-state index is 13.1. The average molecular weight is 551 g/mol. The zero-order chi connectivity index (χ0) is 28.9. The van der Waals surface area contributed by atoms with E-state index in [2.05, 4.69) is 55.2 Å². The van der Waals surface area contributed by atoms with Crippen LogP contribution in [0.5, 0.6) is 0 Å². The summed E-state index contributed by atoms with van der Waals surface area (Å²) in [5.41, 5.74) is 1.11. The van der Waals surface area contributed by atoms with Crippen molar-refractivity contribution in [1.29, 1.82) is 5.41 Å². The quantitative estimate of drug-likeness (QED) is 0.196. The molecule has 8 nitrogen and oxygen atoms in total. The van der Waals surface area contributed by atoms with Crippen LogP contribution in [0.4, 0.5) is 11.6 Å². The van der Waals surface area contributed by atoms with E-state index in [1.165, 1.54) is 5.57 Å². The van der Waals surface area contributed by atoms with Crippen LogP contribution in [-0.2, 0) is 4.79 Å². The van der Waals surface area contributed by atoms with Gasteiger partial charge in [0.25, 0.3) is 0 Å². The number of allylic oxidation sites excluding steroid dienone is 3. The molecule has 1 spiro atoms. The van der Waals surface area contributed by atoms with E-state index in [-0.39, 0.29) is 23.3 Å². The molecule has 1 aliphatic heterocycles. The third-order valence-electron chi connectivity index (χ3n) is 9.28. The van der Waals surface area contributed by atoms with Crippen molar-refractivity contribution >= 4 is 23.1 Å². The molecular weight excluding hydrogens is 500 g/mol. The van der Waals surface area contributed by atoms with Gasteiger partial charge < -0.3 is 19.8 Å². The summed E-state index contributed by atoms with van der Waals surface area (Å²) in [6.45, 7) is 15.1. The van der Waals surface area contributed by atoms with Gasteiger partial charge >= 0.3 is 0 Å². The first-order chi connectivity index (χ1) is 19.2. The first-order valence-electron chi connectivity index (χ1n) is 15.4. The Morgan fingerprint density at radius 3 is 2.55 bits per heavy atom. The van der Waals surface area contributed by atoms with Crippen LogP contribution < -0.4 is 9.80 Å².